The Morgan fingerprint density at radius 2 is 1.15 bits per heavy atom. The molecule has 0 radical (unpaired) electrons. The highest BCUT2D eigenvalue weighted by molar-refractivity contribution is 5.96. The fourth-order valence-corrected chi connectivity index (χ4v) is 4.07. The van der Waals surface area contributed by atoms with E-state index in [4.69, 9.17) is 0 Å². The molecule has 0 spiro atoms. The molecule has 0 heterocycles. The van der Waals surface area contributed by atoms with Gasteiger partial charge in [0.15, 0.2) is 5.78 Å². The zero-order chi connectivity index (χ0) is 19.3. The van der Waals surface area contributed by atoms with E-state index < -0.39 is 0 Å². The average Bonchev–Trinajstić information content (AvgIpc) is 2.68. The molecule has 1 nitrogen and oxygen atoms in total. The molecule has 0 amide bonds. The highest BCUT2D eigenvalue weighted by Crippen LogP contribution is 2.47. The van der Waals surface area contributed by atoms with Crippen LogP contribution in [0.1, 0.15) is 60.5 Å². The van der Waals surface area contributed by atoms with Gasteiger partial charge in [-0.2, -0.15) is 0 Å². The van der Waals surface area contributed by atoms with Gasteiger partial charge in [0.25, 0.3) is 0 Å². The summed E-state index contributed by atoms with van der Waals surface area (Å²) >= 11 is 0. The van der Waals surface area contributed by atoms with Gasteiger partial charge in [-0.3, -0.25) is 4.79 Å². The third-order valence-corrected chi connectivity index (χ3v) is 5.22. The van der Waals surface area contributed by atoms with E-state index in [1.165, 1.54) is 11.1 Å². The van der Waals surface area contributed by atoms with Gasteiger partial charge in [-0.05, 0) is 28.4 Å². The van der Waals surface area contributed by atoms with Crippen molar-refractivity contribution < 1.29 is 4.79 Å². The Balaban J connectivity index is 2.04. The number of carbonyl (C=O) groups is 1. The third-order valence-electron chi connectivity index (χ3n) is 5.22. The average molecular weight is 357 g/mol. The Morgan fingerprint density at radius 3 is 1.63 bits per heavy atom. The van der Waals surface area contributed by atoms with E-state index in [-0.39, 0.29) is 23.0 Å². The molecule has 0 saturated heterocycles. The Hall–Kier alpha value is -2.67. The molecule has 138 valence electrons. The van der Waals surface area contributed by atoms with Gasteiger partial charge in [0.2, 0.25) is 0 Å². The van der Waals surface area contributed by atoms with Crippen molar-refractivity contribution in [2.75, 3.05) is 0 Å². The van der Waals surface area contributed by atoms with Crippen LogP contribution in [0, 0.1) is 5.41 Å². The molecule has 3 aromatic rings. The largest absolute Gasteiger partial charge is 0.294 e. The summed E-state index contributed by atoms with van der Waals surface area (Å²) in [5.41, 5.74) is 3.34. The molecule has 2 atom stereocenters. The van der Waals surface area contributed by atoms with E-state index in [0.29, 0.717) is 6.42 Å². The van der Waals surface area contributed by atoms with Crippen LogP contribution in [0.4, 0.5) is 0 Å². The fourth-order valence-electron chi connectivity index (χ4n) is 4.07. The van der Waals surface area contributed by atoms with Crippen LogP contribution in [0.25, 0.3) is 0 Å². The summed E-state index contributed by atoms with van der Waals surface area (Å²) in [5.74, 6) is 0.574. The number of carbonyl (C=O) groups excluding carboxylic acids is 1. The lowest BCUT2D eigenvalue weighted by atomic mass is 9.66. The maximum atomic E-state index is 13.1. The van der Waals surface area contributed by atoms with Crippen molar-refractivity contribution in [2.45, 2.75) is 39.0 Å². The summed E-state index contributed by atoms with van der Waals surface area (Å²) < 4.78 is 0. The molecule has 0 aliphatic heterocycles. The summed E-state index contributed by atoms with van der Waals surface area (Å²) in [5, 5.41) is 0. The molecule has 0 aliphatic carbocycles. The highest BCUT2D eigenvalue weighted by atomic mass is 16.1. The second-order valence-corrected chi connectivity index (χ2v) is 8.26. The van der Waals surface area contributed by atoms with Crippen LogP contribution in [-0.4, -0.2) is 5.78 Å². The van der Waals surface area contributed by atoms with Crippen molar-refractivity contribution in [3.63, 3.8) is 0 Å². The lowest BCUT2D eigenvalue weighted by molar-refractivity contribution is 0.0960. The Bertz CT molecular complexity index is 845. The molecule has 3 aromatic carbocycles. The van der Waals surface area contributed by atoms with Crippen LogP contribution in [0.5, 0.6) is 0 Å². The van der Waals surface area contributed by atoms with Gasteiger partial charge >= 0.3 is 0 Å². The summed E-state index contributed by atoms with van der Waals surface area (Å²) in [6, 6.07) is 30.8. The smallest absolute Gasteiger partial charge is 0.163 e. The minimum atomic E-state index is 0.0266. The summed E-state index contributed by atoms with van der Waals surface area (Å²) in [4.78, 5) is 13.1. The number of hydrogen-bond donors (Lipinski definition) is 0. The first-order chi connectivity index (χ1) is 13.0. The van der Waals surface area contributed by atoms with Gasteiger partial charge in [-0.15, -0.1) is 0 Å². The van der Waals surface area contributed by atoms with Crippen molar-refractivity contribution in [1.29, 1.82) is 0 Å². The van der Waals surface area contributed by atoms with Gasteiger partial charge in [0, 0.05) is 12.0 Å². The number of ketones is 1. The molecule has 3 rings (SSSR count). The predicted octanol–water partition coefficient (Wildman–Crippen LogP) is 6.87. The highest BCUT2D eigenvalue weighted by Gasteiger charge is 2.35. The standard InChI is InChI=1S/C26H28O/c1-26(2,3)25(22-17-11-6-12-18-22)23(20-13-7-4-8-14-20)19-24(27)21-15-9-5-10-16-21/h4-18,23,25H,19H2,1-3H3/t23-,25-/m1/s1. The first-order valence-electron chi connectivity index (χ1n) is 9.65. The molecule has 0 saturated carbocycles. The summed E-state index contributed by atoms with van der Waals surface area (Å²) in [6.45, 7) is 6.81. The molecule has 0 aromatic heterocycles. The van der Waals surface area contributed by atoms with E-state index in [0.717, 1.165) is 5.56 Å². The quantitative estimate of drug-likeness (QED) is 0.440. The Labute approximate surface area is 163 Å². The summed E-state index contributed by atoms with van der Waals surface area (Å²) in [6.07, 6.45) is 0.505. The van der Waals surface area contributed by atoms with Gasteiger partial charge in [-0.1, -0.05) is 112 Å². The van der Waals surface area contributed by atoms with Gasteiger partial charge < -0.3 is 0 Å². The zero-order valence-corrected chi connectivity index (χ0v) is 16.4. The minimum Gasteiger partial charge on any atom is -0.294 e. The maximum Gasteiger partial charge on any atom is 0.163 e. The van der Waals surface area contributed by atoms with E-state index in [2.05, 4.69) is 75.4 Å². The first kappa shape index (κ1) is 19.1. The number of benzene rings is 3. The fraction of sp³-hybridized carbons (Fsp3) is 0.269. The van der Waals surface area contributed by atoms with Gasteiger partial charge in [0.1, 0.15) is 0 Å². The number of hydrogen-bond acceptors (Lipinski definition) is 1. The monoisotopic (exact) mass is 356 g/mol. The van der Waals surface area contributed by atoms with E-state index in [1.54, 1.807) is 0 Å². The van der Waals surface area contributed by atoms with Crippen molar-refractivity contribution in [1.82, 2.24) is 0 Å². The topological polar surface area (TPSA) is 17.1 Å². The SMILES string of the molecule is CC(C)(C)[C@H](c1ccccc1)[C@H](CC(=O)c1ccccc1)c1ccccc1. The normalized spacial score (nSPS) is 13.7. The first-order valence-corrected chi connectivity index (χ1v) is 9.65. The Morgan fingerprint density at radius 1 is 0.704 bits per heavy atom. The molecule has 0 unspecified atom stereocenters. The molecule has 27 heavy (non-hydrogen) atoms. The van der Waals surface area contributed by atoms with Crippen LogP contribution < -0.4 is 0 Å². The van der Waals surface area contributed by atoms with Crippen molar-refractivity contribution >= 4 is 5.78 Å². The maximum absolute atomic E-state index is 13.1. The summed E-state index contributed by atoms with van der Waals surface area (Å²) in [7, 11) is 0. The lowest BCUT2D eigenvalue weighted by Crippen LogP contribution is -2.27. The molecule has 0 N–H and O–H groups in total. The third kappa shape index (κ3) is 4.74. The van der Waals surface area contributed by atoms with Crippen LogP contribution in [0.2, 0.25) is 0 Å². The lowest BCUT2D eigenvalue weighted by Gasteiger charge is -2.38. The van der Waals surface area contributed by atoms with Crippen LogP contribution in [0.3, 0.4) is 0 Å². The van der Waals surface area contributed by atoms with Gasteiger partial charge in [0.05, 0.1) is 0 Å². The van der Waals surface area contributed by atoms with Crippen molar-refractivity contribution in [3.05, 3.63) is 108 Å². The minimum absolute atomic E-state index is 0.0266. The van der Waals surface area contributed by atoms with Crippen molar-refractivity contribution in [2.24, 2.45) is 5.41 Å². The number of Topliss-reactive ketones (excluding diaryl/α,β-unsaturated/α-hetero) is 1. The molecule has 0 bridgehead atoms. The molecular weight excluding hydrogens is 328 g/mol. The van der Waals surface area contributed by atoms with Crippen LogP contribution >= 0.6 is 0 Å². The molecular formula is C26H28O. The zero-order valence-electron chi connectivity index (χ0n) is 16.4. The van der Waals surface area contributed by atoms with Crippen LogP contribution in [0.15, 0.2) is 91.0 Å². The second kappa shape index (κ2) is 8.35. The predicted molar refractivity (Wildman–Crippen MR) is 113 cm³/mol. The van der Waals surface area contributed by atoms with Crippen LogP contribution in [-0.2, 0) is 0 Å². The van der Waals surface area contributed by atoms with E-state index in [1.807, 2.05) is 36.4 Å². The van der Waals surface area contributed by atoms with E-state index in [9.17, 15) is 4.79 Å². The second-order valence-electron chi connectivity index (χ2n) is 8.26. The molecule has 0 fully saturated rings. The van der Waals surface area contributed by atoms with E-state index >= 15 is 0 Å². The number of rotatable bonds is 6. The molecule has 0 aliphatic rings. The molecule has 1 heteroatoms. The Kier molecular flexibility index (Phi) is 5.91. The van der Waals surface area contributed by atoms with Gasteiger partial charge in [-0.25, -0.2) is 0 Å². The van der Waals surface area contributed by atoms with Crippen molar-refractivity contribution in [3.8, 4) is 0 Å².